The van der Waals surface area contributed by atoms with Gasteiger partial charge in [-0.05, 0) is 54.4 Å². The number of hydrogen-bond donors (Lipinski definition) is 4. The van der Waals surface area contributed by atoms with E-state index in [9.17, 15) is 37.5 Å². The number of hydrogen-bond acceptors (Lipinski definition) is 9. The first-order valence-corrected chi connectivity index (χ1v) is 11.9. The minimum Gasteiger partial charge on any atom is -0.508 e. The monoisotopic (exact) mass is 565 g/mol. The molecule has 11 nitrogen and oxygen atoms in total. The van der Waals surface area contributed by atoms with Gasteiger partial charge in [0.05, 0.1) is 17.9 Å². The third kappa shape index (κ3) is 6.62. The van der Waals surface area contributed by atoms with E-state index in [1.54, 1.807) is 6.92 Å². The van der Waals surface area contributed by atoms with Crippen LogP contribution in [0.5, 0.6) is 5.75 Å². The number of primary amides is 1. The molecule has 0 saturated carbocycles. The highest BCUT2D eigenvalue weighted by atomic mass is 32.1. The maximum absolute atomic E-state index is 13.9. The fourth-order valence-corrected chi connectivity index (χ4v) is 4.24. The van der Waals surface area contributed by atoms with Gasteiger partial charge in [-0.25, -0.2) is 0 Å². The molecule has 3 amide bonds. The second-order valence-electron chi connectivity index (χ2n) is 7.88. The van der Waals surface area contributed by atoms with Crippen molar-refractivity contribution in [2.75, 3.05) is 23.8 Å². The summed E-state index contributed by atoms with van der Waals surface area (Å²) in [5, 5.41) is 12.0. The Morgan fingerprint density at radius 2 is 1.82 bits per heavy atom. The van der Waals surface area contributed by atoms with Crippen LogP contribution < -0.4 is 21.7 Å². The number of aromatic nitrogens is 1. The first kappa shape index (κ1) is 28.9. The van der Waals surface area contributed by atoms with Crippen molar-refractivity contribution in [1.29, 1.82) is 0 Å². The lowest BCUT2D eigenvalue weighted by molar-refractivity contribution is -0.143. The molecule has 6 N–H and O–H groups in total. The van der Waals surface area contributed by atoms with Crippen molar-refractivity contribution >= 4 is 46.6 Å². The molecule has 3 rings (SSSR count). The molecule has 0 aliphatic heterocycles. The number of amides is 3. The summed E-state index contributed by atoms with van der Waals surface area (Å²) in [6.45, 7) is 0.963. The Morgan fingerprint density at radius 1 is 1.15 bits per heavy atom. The maximum atomic E-state index is 13.9. The van der Waals surface area contributed by atoms with Crippen molar-refractivity contribution in [3.8, 4) is 5.75 Å². The molecule has 1 heterocycles. The van der Waals surface area contributed by atoms with Crippen LogP contribution in [0.4, 0.5) is 24.5 Å². The lowest BCUT2D eigenvalue weighted by Gasteiger charge is -2.31. The number of nitrogen functional groups attached to an aromatic ring is 1. The van der Waals surface area contributed by atoms with Crippen LogP contribution in [0.1, 0.15) is 44.3 Å². The van der Waals surface area contributed by atoms with Crippen LogP contribution in [-0.4, -0.2) is 46.3 Å². The molecule has 0 radical (unpaired) electrons. The zero-order valence-corrected chi connectivity index (χ0v) is 21.0. The Morgan fingerprint density at radius 3 is 2.38 bits per heavy atom. The minimum atomic E-state index is -4.80. The highest BCUT2D eigenvalue weighted by Crippen LogP contribution is 2.37. The van der Waals surface area contributed by atoms with Gasteiger partial charge in [-0.15, -0.1) is 0 Å². The van der Waals surface area contributed by atoms with Gasteiger partial charge in [-0.2, -0.15) is 17.5 Å². The molecule has 1 aromatic heterocycles. The summed E-state index contributed by atoms with van der Waals surface area (Å²) in [5.74, 6) is -4.10. The molecule has 0 spiro atoms. The average molecular weight is 566 g/mol. The number of aromatic hydroxyl groups is 1. The van der Waals surface area contributed by atoms with Crippen LogP contribution in [0.15, 0.2) is 48.5 Å². The van der Waals surface area contributed by atoms with Crippen molar-refractivity contribution in [2.24, 2.45) is 5.73 Å². The number of carbonyl (C=O) groups excluding carboxylic acids is 4. The number of nitrogens with zero attached hydrogens (tertiary/aromatic N) is 2. The molecule has 1 unspecified atom stereocenters. The molecule has 0 aliphatic carbocycles. The minimum absolute atomic E-state index is 0.0256. The summed E-state index contributed by atoms with van der Waals surface area (Å²) in [4.78, 5) is 51.2. The molecule has 3 aromatic rings. The number of alkyl halides is 3. The van der Waals surface area contributed by atoms with E-state index in [2.05, 4.69) is 9.69 Å². The van der Waals surface area contributed by atoms with Crippen LogP contribution in [0, 0.1) is 0 Å². The highest BCUT2D eigenvalue weighted by molar-refractivity contribution is 7.09. The Labute approximate surface area is 223 Å². The van der Waals surface area contributed by atoms with E-state index in [0.29, 0.717) is 17.6 Å². The lowest BCUT2D eigenvalue weighted by atomic mass is 10.0. The van der Waals surface area contributed by atoms with E-state index in [0.717, 1.165) is 23.1 Å². The number of carbonyl (C=O) groups is 4. The van der Waals surface area contributed by atoms with Gasteiger partial charge < -0.3 is 26.6 Å². The Hall–Kier alpha value is -4.66. The number of ether oxygens (including phenoxy) is 1. The summed E-state index contributed by atoms with van der Waals surface area (Å²) < 4.78 is 49.3. The largest absolute Gasteiger partial charge is 0.508 e. The smallest absolute Gasteiger partial charge is 0.416 e. The van der Waals surface area contributed by atoms with Gasteiger partial charge >= 0.3 is 12.1 Å². The van der Waals surface area contributed by atoms with Gasteiger partial charge in [-0.1, -0.05) is 18.2 Å². The number of phenolic OH excluding ortho intramolecular Hbond substituents is 1. The van der Waals surface area contributed by atoms with Gasteiger partial charge in [0.25, 0.3) is 11.8 Å². The van der Waals surface area contributed by atoms with E-state index in [-0.39, 0.29) is 28.5 Å². The predicted octanol–water partition coefficient (Wildman–Crippen LogP) is 2.62. The van der Waals surface area contributed by atoms with Gasteiger partial charge in [0.2, 0.25) is 5.91 Å². The number of nitrogens with one attached hydrogen (secondary N) is 1. The standard InChI is InChI=1S/C24H22F3N5O6S/c1-2-38-16(34)11-30-22(36)19(12-6-8-15(33)9-7-12)32(14-5-3-4-13(10-14)24(25,26)27)23(37)20-17(28)18(21(29)35)31-39-20/h3-10,19,33H,2,11,28H2,1H3,(H2,29,35)(H,30,36). The van der Waals surface area contributed by atoms with Crippen LogP contribution in [0.3, 0.4) is 0 Å². The number of nitrogens with two attached hydrogens (primary N) is 2. The SMILES string of the molecule is CCOC(=O)CNC(=O)C(c1ccc(O)cc1)N(C(=O)c1snc(C(N)=O)c1N)c1cccc(C(F)(F)F)c1. The molecule has 0 saturated heterocycles. The summed E-state index contributed by atoms with van der Waals surface area (Å²) >= 11 is 0.462. The lowest BCUT2D eigenvalue weighted by Crippen LogP contribution is -2.45. The van der Waals surface area contributed by atoms with Crippen molar-refractivity contribution in [3.63, 3.8) is 0 Å². The van der Waals surface area contributed by atoms with E-state index in [4.69, 9.17) is 16.2 Å². The summed E-state index contributed by atoms with van der Waals surface area (Å²) in [5.41, 5.74) is 8.85. The molecule has 39 heavy (non-hydrogen) atoms. The van der Waals surface area contributed by atoms with Crippen molar-refractivity contribution < 1.29 is 42.2 Å². The number of rotatable bonds is 9. The number of halogens is 3. The van der Waals surface area contributed by atoms with Crippen LogP contribution in [0.25, 0.3) is 0 Å². The summed E-state index contributed by atoms with van der Waals surface area (Å²) in [6, 6.07) is 6.86. The van der Waals surface area contributed by atoms with Crippen LogP contribution in [0.2, 0.25) is 0 Å². The van der Waals surface area contributed by atoms with Gasteiger partial charge in [0, 0.05) is 5.69 Å². The van der Waals surface area contributed by atoms with Crippen molar-refractivity contribution in [1.82, 2.24) is 9.69 Å². The molecule has 206 valence electrons. The van der Waals surface area contributed by atoms with E-state index in [1.165, 1.54) is 24.3 Å². The van der Waals surface area contributed by atoms with E-state index in [1.807, 2.05) is 0 Å². The van der Waals surface area contributed by atoms with Gasteiger partial charge in [0.1, 0.15) is 23.2 Å². The van der Waals surface area contributed by atoms with Gasteiger partial charge in [0.15, 0.2) is 5.69 Å². The fourth-order valence-electron chi connectivity index (χ4n) is 3.50. The molecule has 2 aromatic carbocycles. The topological polar surface area (TPSA) is 178 Å². The second-order valence-corrected chi connectivity index (χ2v) is 8.65. The molecule has 0 fully saturated rings. The van der Waals surface area contributed by atoms with Crippen molar-refractivity contribution in [3.05, 3.63) is 70.2 Å². The summed E-state index contributed by atoms with van der Waals surface area (Å²) in [7, 11) is 0. The fraction of sp³-hybridized carbons (Fsp3) is 0.208. The normalized spacial score (nSPS) is 11.9. The quantitative estimate of drug-likeness (QED) is 0.286. The van der Waals surface area contributed by atoms with Gasteiger partial charge in [-0.3, -0.25) is 24.1 Å². The van der Waals surface area contributed by atoms with Crippen LogP contribution >= 0.6 is 11.5 Å². The highest BCUT2D eigenvalue weighted by Gasteiger charge is 2.38. The zero-order chi connectivity index (χ0) is 28.9. The zero-order valence-electron chi connectivity index (χ0n) is 20.2. The summed E-state index contributed by atoms with van der Waals surface area (Å²) in [6.07, 6.45) is -4.80. The third-order valence-electron chi connectivity index (χ3n) is 5.25. The second kappa shape index (κ2) is 11.8. The Balaban J connectivity index is 2.22. The first-order valence-electron chi connectivity index (χ1n) is 11.1. The van der Waals surface area contributed by atoms with E-state index < -0.39 is 59.4 Å². The third-order valence-corrected chi connectivity index (χ3v) is 6.10. The molecule has 1 atom stereocenters. The Bertz CT molecular complexity index is 1390. The van der Waals surface area contributed by atoms with E-state index >= 15 is 0 Å². The number of benzene rings is 2. The molecular weight excluding hydrogens is 543 g/mol. The number of esters is 1. The average Bonchev–Trinajstić information content (AvgIpc) is 3.27. The maximum Gasteiger partial charge on any atom is 0.416 e. The number of anilines is 2. The predicted molar refractivity (Wildman–Crippen MR) is 134 cm³/mol. The van der Waals surface area contributed by atoms with Crippen molar-refractivity contribution in [2.45, 2.75) is 19.1 Å². The number of phenols is 1. The first-order chi connectivity index (χ1) is 18.3. The molecular formula is C24H22F3N5O6S. The molecule has 0 bridgehead atoms. The Kier molecular flexibility index (Phi) is 8.75. The molecule has 0 aliphatic rings. The molecule has 15 heteroatoms. The van der Waals surface area contributed by atoms with Crippen LogP contribution in [-0.2, 0) is 20.5 Å².